The molecule has 0 atom stereocenters. The van der Waals surface area contributed by atoms with Crippen molar-refractivity contribution in [3.05, 3.63) is 12.2 Å². The highest BCUT2D eigenvalue weighted by Crippen LogP contribution is 2.09. The average molecular weight is 495 g/mol. The SMILES string of the molecule is C/C=C/CN=C(N)NCCCCCCCCN1CCCCCCOC(=O)CCN=C(NN)NC1=O. The Morgan fingerprint density at radius 2 is 1.89 bits per heavy atom. The number of urea groups is 1. The fourth-order valence-corrected chi connectivity index (χ4v) is 3.56. The standard InChI is InChI=1S/C24H46N8O3/c1-2-3-15-27-22(25)28-16-10-6-4-5-7-11-18-32-19-12-8-9-13-20-35-21(33)14-17-29-23(31-26)30-24(32)34/h2-3H,4-20,26H2,1H3,(H3,25,27,28)(H2,29,30,31,34)/b3-2+. The van der Waals surface area contributed by atoms with Gasteiger partial charge in [-0.05, 0) is 39.0 Å². The Hall–Kier alpha value is -2.82. The lowest BCUT2D eigenvalue weighted by Gasteiger charge is -2.23. The number of aliphatic imine (C=N–C) groups is 2. The van der Waals surface area contributed by atoms with Gasteiger partial charge in [0.05, 0.1) is 26.1 Å². The number of carbonyl (C=O) groups is 2. The van der Waals surface area contributed by atoms with Crippen molar-refractivity contribution in [1.29, 1.82) is 0 Å². The summed E-state index contributed by atoms with van der Waals surface area (Å²) in [5.41, 5.74) is 8.21. The molecule has 11 nitrogen and oxygen atoms in total. The molecule has 0 saturated heterocycles. The molecule has 0 spiro atoms. The van der Waals surface area contributed by atoms with E-state index in [0.29, 0.717) is 32.2 Å². The number of hydrogen-bond donors (Lipinski definition) is 5. The van der Waals surface area contributed by atoms with Gasteiger partial charge in [-0.3, -0.25) is 20.5 Å². The molecule has 1 aliphatic heterocycles. The number of hydrogen-bond acceptors (Lipinski definition) is 7. The maximum absolute atomic E-state index is 12.8. The predicted octanol–water partition coefficient (Wildman–Crippen LogP) is 2.15. The molecule has 7 N–H and O–H groups in total. The summed E-state index contributed by atoms with van der Waals surface area (Å²) in [4.78, 5) is 34.7. The van der Waals surface area contributed by atoms with Crippen LogP contribution in [0.5, 0.6) is 0 Å². The van der Waals surface area contributed by atoms with E-state index in [0.717, 1.165) is 70.8 Å². The van der Waals surface area contributed by atoms with Gasteiger partial charge in [0.25, 0.3) is 0 Å². The van der Waals surface area contributed by atoms with Crippen LogP contribution in [0.2, 0.25) is 0 Å². The third kappa shape index (κ3) is 16.4. The minimum Gasteiger partial charge on any atom is -0.466 e. The maximum Gasteiger partial charge on any atom is 0.324 e. The van der Waals surface area contributed by atoms with E-state index in [1.54, 1.807) is 0 Å². The summed E-state index contributed by atoms with van der Waals surface area (Å²) in [6.45, 7) is 5.39. The molecule has 0 radical (unpaired) electrons. The van der Waals surface area contributed by atoms with Crippen LogP contribution in [-0.4, -0.2) is 68.2 Å². The molecule has 0 unspecified atom stereocenters. The molecule has 0 fully saturated rings. The summed E-state index contributed by atoms with van der Waals surface area (Å²) in [5.74, 6) is 5.85. The molecule has 0 saturated carbocycles. The number of rotatable bonds is 11. The second-order valence-electron chi connectivity index (χ2n) is 8.52. The van der Waals surface area contributed by atoms with E-state index in [9.17, 15) is 9.59 Å². The van der Waals surface area contributed by atoms with Gasteiger partial charge in [0.2, 0.25) is 5.96 Å². The quantitative estimate of drug-likeness (QED) is 0.0559. The van der Waals surface area contributed by atoms with E-state index in [2.05, 4.69) is 26.0 Å². The molecule has 0 aromatic carbocycles. The lowest BCUT2D eigenvalue weighted by atomic mass is 10.1. The third-order valence-electron chi connectivity index (χ3n) is 5.58. The Kier molecular flexibility index (Phi) is 17.7. The first-order valence-electron chi connectivity index (χ1n) is 12.9. The number of hydrazine groups is 1. The molecule has 0 aromatic rings. The van der Waals surface area contributed by atoms with Crippen LogP contribution in [-0.2, 0) is 9.53 Å². The lowest BCUT2D eigenvalue weighted by Crippen LogP contribution is -2.50. The van der Waals surface area contributed by atoms with E-state index in [1.807, 2.05) is 24.0 Å². The van der Waals surface area contributed by atoms with Crippen LogP contribution in [0.1, 0.15) is 77.6 Å². The number of nitrogens with one attached hydrogen (secondary N) is 3. The van der Waals surface area contributed by atoms with E-state index in [1.165, 1.54) is 0 Å². The molecule has 35 heavy (non-hydrogen) atoms. The topological polar surface area (TPSA) is 159 Å². The van der Waals surface area contributed by atoms with Crippen LogP contribution >= 0.6 is 0 Å². The Morgan fingerprint density at radius 1 is 1.14 bits per heavy atom. The van der Waals surface area contributed by atoms with Crippen molar-refractivity contribution in [2.75, 3.05) is 39.3 Å². The molecule has 1 aliphatic rings. The van der Waals surface area contributed by atoms with Gasteiger partial charge in [-0.1, -0.05) is 44.3 Å². The van der Waals surface area contributed by atoms with Crippen molar-refractivity contribution in [3.8, 4) is 0 Å². The first-order chi connectivity index (χ1) is 17.1. The highest BCUT2D eigenvalue weighted by molar-refractivity contribution is 5.96. The van der Waals surface area contributed by atoms with Crippen molar-refractivity contribution in [3.63, 3.8) is 0 Å². The van der Waals surface area contributed by atoms with Gasteiger partial charge in [-0.15, -0.1) is 0 Å². The van der Waals surface area contributed by atoms with E-state index in [-0.39, 0.29) is 30.9 Å². The molecule has 2 amide bonds. The van der Waals surface area contributed by atoms with Gasteiger partial charge < -0.3 is 20.7 Å². The zero-order valence-corrected chi connectivity index (χ0v) is 21.4. The number of nitrogens with zero attached hydrogens (tertiary/aromatic N) is 3. The van der Waals surface area contributed by atoms with Crippen molar-refractivity contribution < 1.29 is 14.3 Å². The van der Waals surface area contributed by atoms with Gasteiger partial charge in [-0.2, -0.15) is 0 Å². The number of allylic oxidation sites excluding steroid dienone is 1. The van der Waals surface area contributed by atoms with Crippen LogP contribution in [0.25, 0.3) is 0 Å². The van der Waals surface area contributed by atoms with Gasteiger partial charge in [0.1, 0.15) is 0 Å². The average Bonchev–Trinajstić information content (AvgIpc) is 2.85. The first kappa shape index (κ1) is 30.2. The number of cyclic esters (lactones) is 1. The number of guanidine groups is 2. The number of esters is 1. The summed E-state index contributed by atoms with van der Waals surface area (Å²) in [5, 5.41) is 5.86. The third-order valence-corrected chi connectivity index (χ3v) is 5.58. The Labute approximate surface area is 210 Å². The van der Waals surface area contributed by atoms with Crippen LogP contribution in [0.15, 0.2) is 22.1 Å². The number of ether oxygens (including phenoxy) is 1. The Balaban J connectivity index is 2.33. The minimum absolute atomic E-state index is 0.151. The molecule has 0 aliphatic carbocycles. The van der Waals surface area contributed by atoms with Crippen LogP contribution in [0, 0.1) is 0 Å². The number of carbonyl (C=O) groups excluding carboxylic acids is 2. The minimum atomic E-state index is -0.290. The molecule has 0 bridgehead atoms. The monoisotopic (exact) mass is 494 g/mol. The maximum atomic E-state index is 12.8. The van der Waals surface area contributed by atoms with Crippen molar-refractivity contribution in [2.45, 2.75) is 77.6 Å². The van der Waals surface area contributed by atoms with Crippen LogP contribution in [0.4, 0.5) is 4.79 Å². The van der Waals surface area contributed by atoms with Gasteiger partial charge in [0, 0.05) is 19.6 Å². The summed E-state index contributed by atoms with van der Waals surface area (Å²) < 4.78 is 5.19. The first-order valence-corrected chi connectivity index (χ1v) is 12.9. The largest absolute Gasteiger partial charge is 0.466 e. The highest BCUT2D eigenvalue weighted by atomic mass is 16.5. The van der Waals surface area contributed by atoms with E-state index >= 15 is 0 Å². The second-order valence-corrected chi connectivity index (χ2v) is 8.52. The Bertz CT molecular complexity index is 682. The number of unbranched alkanes of at least 4 members (excludes halogenated alkanes) is 5. The zero-order chi connectivity index (χ0) is 25.6. The smallest absolute Gasteiger partial charge is 0.324 e. The molecular weight excluding hydrogens is 448 g/mol. The molecule has 11 heteroatoms. The fraction of sp³-hybridized carbons (Fsp3) is 0.750. The van der Waals surface area contributed by atoms with Gasteiger partial charge >= 0.3 is 12.0 Å². The van der Waals surface area contributed by atoms with E-state index < -0.39 is 0 Å². The van der Waals surface area contributed by atoms with Gasteiger partial charge in [0.15, 0.2) is 5.96 Å². The summed E-state index contributed by atoms with van der Waals surface area (Å²) in [7, 11) is 0. The predicted molar refractivity (Wildman–Crippen MR) is 141 cm³/mol. The summed E-state index contributed by atoms with van der Waals surface area (Å²) in [6, 6.07) is -0.223. The molecule has 0 aromatic heterocycles. The molecular formula is C24H46N8O3. The van der Waals surface area contributed by atoms with Crippen LogP contribution in [0.3, 0.4) is 0 Å². The summed E-state index contributed by atoms with van der Waals surface area (Å²) >= 11 is 0. The Morgan fingerprint density at radius 3 is 2.66 bits per heavy atom. The van der Waals surface area contributed by atoms with E-state index in [4.69, 9.17) is 16.3 Å². The number of nitrogens with two attached hydrogens (primary N) is 2. The molecule has 1 rings (SSSR count). The molecule has 1 heterocycles. The van der Waals surface area contributed by atoms with Gasteiger partial charge in [-0.25, -0.2) is 15.6 Å². The highest BCUT2D eigenvalue weighted by Gasteiger charge is 2.15. The lowest BCUT2D eigenvalue weighted by molar-refractivity contribution is -0.143. The van der Waals surface area contributed by atoms with Crippen molar-refractivity contribution in [1.82, 2.24) is 21.0 Å². The normalized spacial score (nSPS) is 17.3. The molecule has 200 valence electrons. The summed E-state index contributed by atoms with van der Waals surface area (Å²) in [6.07, 6.45) is 14.2. The fourth-order valence-electron chi connectivity index (χ4n) is 3.56. The van der Waals surface area contributed by atoms with Crippen molar-refractivity contribution in [2.24, 2.45) is 21.6 Å². The van der Waals surface area contributed by atoms with Crippen molar-refractivity contribution >= 4 is 23.9 Å². The second kappa shape index (κ2) is 20.5. The van der Waals surface area contributed by atoms with Crippen LogP contribution < -0.4 is 27.6 Å². The zero-order valence-electron chi connectivity index (χ0n) is 21.4. The number of amides is 2.